The second-order valence-corrected chi connectivity index (χ2v) is 9.93. The summed E-state index contributed by atoms with van der Waals surface area (Å²) in [6.07, 6.45) is 0. The van der Waals surface area contributed by atoms with Crippen LogP contribution in [0.1, 0.15) is 45.7 Å². The molecule has 3 rings (SSSR count). The monoisotopic (exact) mass is 409 g/mol. The summed E-state index contributed by atoms with van der Waals surface area (Å²) in [4.78, 5) is 28.4. The number of hydrogen-bond donors (Lipinski definition) is 0. The van der Waals surface area contributed by atoms with Crippen LogP contribution in [0.2, 0.25) is 0 Å². The molecule has 2 aromatic rings. The van der Waals surface area contributed by atoms with Crippen molar-refractivity contribution in [3.05, 3.63) is 64.6 Å². The summed E-state index contributed by atoms with van der Waals surface area (Å²) < 4.78 is 5.22. The van der Waals surface area contributed by atoms with Crippen molar-refractivity contribution in [3.8, 4) is 5.75 Å². The van der Waals surface area contributed by atoms with E-state index in [1.165, 1.54) is 16.7 Å². The highest BCUT2D eigenvalue weighted by Gasteiger charge is 2.40. The lowest BCUT2D eigenvalue weighted by molar-refractivity contribution is -0.119. The van der Waals surface area contributed by atoms with Gasteiger partial charge in [0, 0.05) is 5.25 Å². The Balaban J connectivity index is 2.03. The molecular weight excluding hydrogens is 382 g/mol. The van der Waals surface area contributed by atoms with E-state index in [0.717, 1.165) is 11.1 Å². The zero-order valence-corrected chi connectivity index (χ0v) is 18.6. The van der Waals surface area contributed by atoms with Crippen LogP contribution in [-0.4, -0.2) is 24.2 Å². The van der Waals surface area contributed by atoms with E-state index in [1.54, 1.807) is 19.2 Å². The lowest BCUT2D eigenvalue weighted by Gasteiger charge is -2.21. The second-order valence-electron chi connectivity index (χ2n) is 8.34. The quantitative estimate of drug-likeness (QED) is 0.619. The molecule has 2 amide bonds. The number of imide groups is 1. The van der Waals surface area contributed by atoms with Gasteiger partial charge in [-0.2, -0.15) is 0 Å². The van der Waals surface area contributed by atoms with Gasteiger partial charge in [0.05, 0.1) is 23.3 Å². The minimum absolute atomic E-state index is 0.00270. The van der Waals surface area contributed by atoms with E-state index >= 15 is 0 Å². The van der Waals surface area contributed by atoms with Gasteiger partial charge in [-0.05, 0) is 40.8 Å². The first-order chi connectivity index (χ1) is 13.6. The fraction of sp³-hybridized carbons (Fsp3) is 0.333. The Morgan fingerprint density at radius 1 is 0.897 bits per heavy atom. The standard InChI is InChI=1S/C24H27NO3S/c1-15(2)29-21-20(16-7-13-19(28-6)14-8-16)22(26)25(23(21)27)18-11-9-17(10-12-18)24(3,4)5/h7-15H,1-6H3. The number of rotatable bonds is 5. The largest absolute Gasteiger partial charge is 0.497 e. The molecule has 152 valence electrons. The third kappa shape index (κ3) is 4.25. The van der Waals surface area contributed by atoms with Crippen molar-refractivity contribution < 1.29 is 14.3 Å². The molecule has 0 atom stereocenters. The number of benzene rings is 2. The number of nitrogens with zero attached hydrogens (tertiary/aromatic N) is 1. The van der Waals surface area contributed by atoms with Crippen molar-refractivity contribution in [1.82, 2.24) is 0 Å². The zero-order chi connectivity index (χ0) is 21.3. The fourth-order valence-electron chi connectivity index (χ4n) is 3.21. The molecule has 2 aromatic carbocycles. The molecule has 4 nitrogen and oxygen atoms in total. The van der Waals surface area contributed by atoms with Crippen molar-refractivity contribution in [2.45, 2.75) is 45.3 Å². The molecule has 0 aliphatic carbocycles. The van der Waals surface area contributed by atoms with Gasteiger partial charge in [-0.15, -0.1) is 11.8 Å². The molecule has 0 saturated carbocycles. The van der Waals surface area contributed by atoms with Crippen molar-refractivity contribution in [1.29, 1.82) is 0 Å². The zero-order valence-electron chi connectivity index (χ0n) is 17.8. The van der Waals surface area contributed by atoms with Crippen LogP contribution in [0.4, 0.5) is 5.69 Å². The van der Waals surface area contributed by atoms with Crippen molar-refractivity contribution in [2.24, 2.45) is 0 Å². The van der Waals surface area contributed by atoms with E-state index in [4.69, 9.17) is 4.74 Å². The van der Waals surface area contributed by atoms with E-state index < -0.39 is 0 Å². The van der Waals surface area contributed by atoms with E-state index in [-0.39, 0.29) is 22.5 Å². The summed E-state index contributed by atoms with van der Waals surface area (Å²) in [5, 5.41) is 0.179. The lowest BCUT2D eigenvalue weighted by atomic mass is 9.87. The van der Waals surface area contributed by atoms with Crippen molar-refractivity contribution >= 4 is 34.8 Å². The maximum absolute atomic E-state index is 13.3. The Hall–Kier alpha value is -2.53. The Bertz CT molecular complexity index is 951. The number of thioether (sulfide) groups is 1. The van der Waals surface area contributed by atoms with E-state index in [2.05, 4.69) is 20.8 Å². The Morgan fingerprint density at radius 2 is 1.48 bits per heavy atom. The molecular formula is C24H27NO3S. The second kappa shape index (κ2) is 8.07. The smallest absolute Gasteiger partial charge is 0.272 e. The summed E-state index contributed by atoms with van der Waals surface area (Å²) in [6, 6.07) is 14.9. The Labute approximate surface area is 176 Å². The third-order valence-electron chi connectivity index (χ3n) is 4.77. The van der Waals surface area contributed by atoms with Crippen LogP contribution in [0.3, 0.4) is 0 Å². The molecule has 0 unspecified atom stereocenters. The lowest BCUT2D eigenvalue weighted by Crippen LogP contribution is -2.31. The number of carbonyl (C=O) groups is 2. The number of anilines is 1. The van der Waals surface area contributed by atoms with Gasteiger partial charge in [-0.3, -0.25) is 9.59 Å². The number of amides is 2. The molecule has 0 saturated heterocycles. The number of hydrogen-bond acceptors (Lipinski definition) is 4. The minimum atomic E-state index is -0.285. The highest BCUT2D eigenvalue weighted by molar-refractivity contribution is 8.04. The fourth-order valence-corrected chi connectivity index (χ4v) is 4.20. The summed E-state index contributed by atoms with van der Waals surface area (Å²) >= 11 is 1.43. The Kier molecular flexibility index (Phi) is 5.90. The maximum Gasteiger partial charge on any atom is 0.272 e. The summed E-state index contributed by atoms with van der Waals surface area (Å²) in [5.74, 6) is 0.161. The average molecular weight is 410 g/mol. The van der Waals surface area contributed by atoms with E-state index in [0.29, 0.717) is 21.9 Å². The molecule has 5 heteroatoms. The minimum Gasteiger partial charge on any atom is -0.497 e. The molecule has 0 fully saturated rings. The topological polar surface area (TPSA) is 46.6 Å². The molecule has 29 heavy (non-hydrogen) atoms. The van der Waals surface area contributed by atoms with E-state index in [1.807, 2.05) is 50.2 Å². The first-order valence-corrected chi connectivity index (χ1v) is 10.6. The molecule has 0 spiro atoms. The van der Waals surface area contributed by atoms with Crippen LogP contribution in [0.25, 0.3) is 5.57 Å². The molecule has 0 aromatic heterocycles. The van der Waals surface area contributed by atoms with Gasteiger partial charge in [-0.25, -0.2) is 4.90 Å². The first kappa shape index (κ1) is 21.2. The van der Waals surface area contributed by atoms with Gasteiger partial charge in [0.15, 0.2) is 0 Å². The van der Waals surface area contributed by atoms with E-state index in [9.17, 15) is 9.59 Å². The van der Waals surface area contributed by atoms with Gasteiger partial charge >= 0.3 is 0 Å². The highest BCUT2D eigenvalue weighted by atomic mass is 32.2. The summed E-state index contributed by atoms with van der Waals surface area (Å²) in [7, 11) is 1.60. The van der Waals surface area contributed by atoms with Crippen LogP contribution >= 0.6 is 11.8 Å². The van der Waals surface area contributed by atoms with Gasteiger partial charge in [-0.1, -0.05) is 58.9 Å². The van der Waals surface area contributed by atoms with Crippen LogP contribution in [0.5, 0.6) is 5.75 Å². The van der Waals surface area contributed by atoms with Gasteiger partial charge in [0.25, 0.3) is 11.8 Å². The normalized spacial score (nSPS) is 14.9. The highest BCUT2D eigenvalue weighted by Crippen LogP contribution is 2.40. The van der Waals surface area contributed by atoms with Gasteiger partial charge < -0.3 is 4.74 Å². The maximum atomic E-state index is 13.3. The number of methoxy groups -OCH3 is 1. The average Bonchev–Trinajstić information content (AvgIpc) is 2.90. The SMILES string of the molecule is COc1ccc(C2=C(SC(C)C)C(=O)N(c3ccc(C(C)(C)C)cc3)C2=O)cc1. The molecule has 1 aliphatic rings. The van der Waals surface area contributed by atoms with Gasteiger partial charge in [0.2, 0.25) is 0 Å². The molecule has 0 bridgehead atoms. The van der Waals surface area contributed by atoms with Crippen LogP contribution in [0.15, 0.2) is 53.4 Å². The summed E-state index contributed by atoms with van der Waals surface area (Å²) in [6.45, 7) is 10.4. The van der Waals surface area contributed by atoms with Crippen molar-refractivity contribution in [2.75, 3.05) is 12.0 Å². The predicted octanol–water partition coefficient (Wildman–Crippen LogP) is 5.42. The number of carbonyl (C=O) groups excluding carboxylic acids is 2. The van der Waals surface area contributed by atoms with Crippen LogP contribution in [-0.2, 0) is 15.0 Å². The number of ether oxygens (including phenoxy) is 1. The molecule has 0 radical (unpaired) electrons. The van der Waals surface area contributed by atoms with Crippen molar-refractivity contribution in [3.63, 3.8) is 0 Å². The molecule has 0 N–H and O–H groups in total. The Morgan fingerprint density at radius 3 is 1.97 bits per heavy atom. The predicted molar refractivity (Wildman–Crippen MR) is 120 cm³/mol. The third-order valence-corrected chi connectivity index (χ3v) is 5.85. The van der Waals surface area contributed by atoms with Crippen LogP contribution < -0.4 is 9.64 Å². The van der Waals surface area contributed by atoms with Crippen LogP contribution in [0, 0.1) is 0 Å². The summed E-state index contributed by atoms with van der Waals surface area (Å²) in [5.41, 5.74) is 2.93. The molecule has 1 heterocycles. The van der Waals surface area contributed by atoms with Gasteiger partial charge in [0.1, 0.15) is 5.75 Å². The molecule has 1 aliphatic heterocycles. The first-order valence-electron chi connectivity index (χ1n) is 9.68.